The van der Waals surface area contributed by atoms with Crippen molar-refractivity contribution in [1.29, 1.82) is 0 Å². The number of hydrogen-bond donors (Lipinski definition) is 0. The molecule has 1 amide bonds. The van der Waals surface area contributed by atoms with Crippen molar-refractivity contribution < 1.29 is 4.79 Å². The van der Waals surface area contributed by atoms with Crippen molar-refractivity contribution in [3.05, 3.63) is 33.7 Å². The Kier molecular flexibility index (Phi) is 3.67. The molecule has 3 heteroatoms. The monoisotopic (exact) mass is 249 g/mol. The van der Waals surface area contributed by atoms with Crippen LogP contribution in [0.15, 0.2) is 18.3 Å². The SMILES string of the molecule is C=C1CCCC(=O)N1CCc1sc(C)cc1C. The summed E-state index contributed by atoms with van der Waals surface area (Å²) in [6.07, 6.45) is 3.57. The second-order valence-electron chi connectivity index (χ2n) is 4.68. The summed E-state index contributed by atoms with van der Waals surface area (Å²) >= 11 is 1.84. The van der Waals surface area contributed by atoms with Crippen LogP contribution < -0.4 is 0 Å². The van der Waals surface area contributed by atoms with Crippen LogP contribution in [0.25, 0.3) is 0 Å². The zero-order chi connectivity index (χ0) is 12.4. The molecule has 0 N–H and O–H groups in total. The fourth-order valence-corrected chi connectivity index (χ4v) is 3.36. The van der Waals surface area contributed by atoms with Crippen molar-refractivity contribution in [3.63, 3.8) is 0 Å². The van der Waals surface area contributed by atoms with E-state index in [4.69, 9.17) is 0 Å². The molecule has 2 heterocycles. The maximum Gasteiger partial charge on any atom is 0.226 e. The van der Waals surface area contributed by atoms with Crippen LogP contribution in [0.5, 0.6) is 0 Å². The summed E-state index contributed by atoms with van der Waals surface area (Å²) in [6.45, 7) is 9.06. The first-order valence-electron chi connectivity index (χ1n) is 6.12. The van der Waals surface area contributed by atoms with E-state index in [9.17, 15) is 4.79 Å². The van der Waals surface area contributed by atoms with E-state index in [-0.39, 0.29) is 5.91 Å². The Hall–Kier alpha value is -1.09. The van der Waals surface area contributed by atoms with E-state index in [2.05, 4.69) is 26.5 Å². The highest BCUT2D eigenvalue weighted by atomic mass is 32.1. The van der Waals surface area contributed by atoms with Gasteiger partial charge in [0, 0.05) is 34.8 Å². The Morgan fingerprint density at radius 3 is 2.76 bits per heavy atom. The van der Waals surface area contributed by atoms with Gasteiger partial charge in [-0.3, -0.25) is 4.79 Å². The van der Waals surface area contributed by atoms with Crippen LogP contribution in [-0.4, -0.2) is 17.4 Å². The standard InChI is InChI=1S/C14H19NOS/c1-10-9-12(3)17-13(10)7-8-15-11(2)5-4-6-14(15)16/h9H,2,4-8H2,1,3H3. The smallest absolute Gasteiger partial charge is 0.226 e. The third kappa shape index (κ3) is 2.78. The van der Waals surface area contributed by atoms with Crippen molar-refractivity contribution in [2.24, 2.45) is 0 Å². The molecule has 17 heavy (non-hydrogen) atoms. The number of carbonyl (C=O) groups excluding carboxylic acids is 1. The molecule has 0 aliphatic carbocycles. The lowest BCUT2D eigenvalue weighted by Crippen LogP contribution is -2.34. The lowest BCUT2D eigenvalue weighted by atomic mass is 10.1. The third-order valence-corrected chi connectivity index (χ3v) is 4.46. The van der Waals surface area contributed by atoms with E-state index < -0.39 is 0 Å². The van der Waals surface area contributed by atoms with Gasteiger partial charge in [-0.25, -0.2) is 0 Å². The van der Waals surface area contributed by atoms with Crippen LogP contribution in [0.3, 0.4) is 0 Å². The minimum atomic E-state index is 0.243. The molecule has 2 nitrogen and oxygen atoms in total. The number of rotatable bonds is 3. The van der Waals surface area contributed by atoms with E-state index in [1.807, 2.05) is 16.2 Å². The summed E-state index contributed by atoms with van der Waals surface area (Å²) < 4.78 is 0. The molecule has 2 rings (SSSR count). The topological polar surface area (TPSA) is 20.3 Å². The predicted octanol–water partition coefficient (Wildman–Crippen LogP) is 3.43. The second-order valence-corrected chi connectivity index (χ2v) is 6.02. The number of likely N-dealkylation sites (tertiary alicyclic amines) is 1. The molecular formula is C14H19NOS. The molecule has 1 saturated heterocycles. The highest BCUT2D eigenvalue weighted by molar-refractivity contribution is 7.12. The van der Waals surface area contributed by atoms with E-state index in [1.165, 1.54) is 15.3 Å². The Morgan fingerprint density at radius 1 is 1.41 bits per heavy atom. The molecule has 1 aromatic heterocycles. The summed E-state index contributed by atoms with van der Waals surface area (Å²) in [4.78, 5) is 16.4. The minimum Gasteiger partial charge on any atom is -0.316 e. The molecule has 0 bridgehead atoms. The summed E-state index contributed by atoms with van der Waals surface area (Å²) in [6, 6.07) is 2.22. The number of piperidine rings is 1. The first-order valence-corrected chi connectivity index (χ1v) is 6.93. The predicted molar refractivity (Wildman–Crippen MR) is 72.2 cm³/mol. The molecule has 1 fully saturated rings. The normalized spacial score (nSPS) is 16.7. The maximum absolute atomic E-state index is 11.8. The van der Waals surface area contributed by atoms with Gasteiger partial charge >= 0.3 is 0 Å². The average Bonchev–Trinajstić information content (AvgIpc) is 2.57. The number of thiophene rings is 1. The van der Waals surface area contributed by atoms with E-state index in [0.717, 1.165) is 31.5 Å². The maximum atomic E-state index is 11.8. The molecule has 0 spiro atoms. The molecule has 92 valence electrons. The largest absolute Gasteiger partial charge is 0.316 e. The summed E-state index contributed by atoms with van der Waals surface area (Å²) in [5.74, 6) is 0.243. The second kappa shape index (κ2) is 5.05. The van der Waals surface area contributed by atoms with Crippen molar-refractivity contribution in [1.82, 2.24) is 4.90 Å². The van der Waals surface area contributed by atoms with Crippen LogP contribution in [0.2, 0.25) is 0 Å². The van der Waals surface area contributed by atoms with E-state index in [1.54, 1.807) is 0 Å². The molecule has 0 aromatic carbocycles. The Bertz CT molecular complexity index is 431. The van der Waals surface area contributed by atoms with Crippen LogP contribution in [-0.2, 0) is 11.2 Å². The minimum absolute atomic E-state index is 0.243. The van der Waals surface area contributed by atoms with E-state index >= 15 is 0 Å². The first kappa shape index (κ1) is 12.4. The van der Waals surface area contributed by atoms with Crippen LogP contribution in [0.4, 0.5) is 0 Å². The molecule has 1 aromatic rings. The Morgan fingerprint density at radius 2 is 2.18 bits per heavy atom. The quantitative estimate of drug-likeness (QED) is 0.803. The van der Waals surface area contributed by atoms with Crippen LogP contribution >= 0.6 is 11.3 Å². The highest BCUT2D eigenvalue weighted by Gasteiger charge is 2.21. The van der Waals surface area contributed by atoms with Gasteiger partial charge in [-0.15, -0.1) is 11.3 Å². The Balaban J connectivity index is 1.99. The van der Waals surface area contributed by atoms with Gasteiger partial charge in [-0.2, -0.15) is 0 Å². The Labute approximate surface area is 107 Å². The van der Waals surface area contributed by atoms with Crippen molar-refractivity contribution >= 4 is 17.2 Å². The van der Waals surface area contributed by atoms with Crippen molar-refractivity contribution in [2.45, 2.75) is 39.5 Å². The number of carbonyl (C=O) groups is 1. The van der Waals surface area contributed by atoms with Gasteiger partial charge in [0.2, 0.25) is 5.91 Å². The molecule has 1 aliphatic rings. The third-order valence-electron chi connectivity index (χ3n) is 3.25. The molecule has 0 atom stereocenters. The number of hydrogen-bond acceptors (Lipinski definition) is 2. The molecule has 1 aliphatic heterocycles. The summed E-state index contributed by atoms with van der Waals surface area (Å²) in [5, 5.41) is 0. The zero-order valence-electron chi connectivity index (χ0n) is 10.6. The lowest BCUT2D eigenvalue weighted by Gasteiger charge is -2.28. The number of aryl methyl sites for hydroxylation is 2. The van der Waals surface area contributed by atoms with Gasteiger partial charge in [-0.05, 0) is 38.3 Å². The first-order chi connectivity index (χ1) is 8.08. The average molecular weight is 249 g/mol. The number of nitrogens with zero attached hydrogens (tertiary/aromatic N) is 1. The highest BCUT2D eigenvalue weighted by Crippen LogP contribution is 2.24. The van der Waals surface area contributed by atoms with Crippen molar-refractivity contribution in [3.8, 4) is 0 Å². The molecule has 0 saturated carbocycles. The van der Waals surface area contributed by atoms with Crippen LogP contribution in [0, 0.1) is 13.8 Å². The van der Waals surface area contributed by atoms with E-state index in [0.29, 0.717) is 6.42 Å². The molecular weight excluding hydrogens is 230 g/mol. The zero-order valence-corrected chi connectivity index (χ0v) is 11.4. The number of amides is 1. The number of allylic oxidation sites excluding steroid dienone is 1. The van der Waals surface area contributed by atoms with Crippen LogP contribution in [0.1, 0.15) is 34.6 Å². The van der Waals surface area contributed by atoms with Crippen molar-refractivity contribution in [2.75, 3.05) is 6.54 Å². The van der Waals surface area contributed by atoms with Gasteiger partial charge < -0.3 is 4.90 Å². The fraction of sp³-hybridized carbons (Fsp3) is 0.500. The van der Waals surface area contributed by atoms with Gasteiger partial charge in [-0.1, -0.05) is 6.58 Å². The molecule has 0 radical (unpaired) electrons. The van der Waals surface area contributed by atoms with Gasteiger partial charge in [0.1, 0.15) is 0 Å². The molecule has 0 unspecified atom stereocenters. The lowest BCUT2D eigenvalue weighted by molar-refractivity contribution is -0.130. The van der Waals surface area contributed by atoms with Gasteiger partial charge in [0.15, 0.2) is 0 Å². The summed E-state index contributed by atoms with van der Waals surface area (Å²) in [5.41, 5.74) is 2.34. The summed E-state index contributed by atoms with van der Waals surface area (Å²) in [7, 11) is 0. The fourth-order valence-electron chi connectivity index (χ4n) is 2.32. The van der Waals surface area contributed by atoms with Gasteiger partial charge in [0.25, 0.3) is 0 Å². The van der Waals surface area contributed by atoms with Gasteiger partial charge in [0.05, 0.1) is 0 Å².